The highest BCUT2D eigenvalue weighted by Crippen LogP contribution is 2.12. The number of hydrogen-bond donors (Lipinski definition) is 1. The molecular weight excluding hydrogens is 234 g/mol. The van der Waals surface area contributed by atoms with Gasteiger partial charge in [0.05, 0.1) is 0 Å². The Kier molecular flexibility index (Phi) is 6.71. The molecule has 0 spiro atoms. The van der Waals surface area contributed by atoms with Crippen LogP contribution >= 0.6 is 11.6 Å². The topological polar surface area (TPSA) is 29.1 Å². The molecule has 0 aliphatic carbocycles. The van der Waals surface area contributed by atoms with Gasteiger partial charge in [0.25, 0.3) is 0 Å². The molecule has 0 saturated carbocycles. The van der Waals surface area contributed by atoms with Crippen LogP contribution in [0.1, 0.15) is 38.2 Å². The molecule has 0 saturated heterocycles. The van der Waals surface area contributed by atoms with E-state index >= 15 is 0 Å². The number of rotatable bonds is 7. The average Bonchev–Trinajstić information content (AvgIpc) is 2.32. The number of carbonyl (C=O) groups excluding carboxylic acids is 1. The molecule has 0 atom stereocenters. The van der Waals surface area contributed by atoms with Gasteiger partial charge in [-0.2, -0.15) is 0 Å². The van der Waals surface area contributed by atoms with Crippen molar-refractivity contribution < 1.29 is 4.79 Å². The molecular formula is C14H20ClNO. The second-order valence-corrected chi connectivity index (χ2v) is 4.52. The number of benzene rings is 1. The number of hydrogen-bond acceptors (Lipinski definition) is 1. The van der Waals surface area contributed by atoms with Crippen LogP contribution in [0.15, 0.2) is 24.3 Å². The van der Waals surface area contributed by atoms with E-state index in [2.05, 4.69) is 24.4 Å². The van der Waals surface area contributed by atoms with Gasteiger partial charge in [0.15, 0.2) is 0 Å². The largest absolute Gasteiger partial charge is 0.326 e. The van der Waals surface area contributed by atoms with Crippen molar-refractivity contribution in [1.82, 2.24) is 0 Å². The van der Waals surface area contributed by atoms with Crippen LogP contribution in [0.3, 0.4) is 0 Å². The lowest BCUT2D eigenvalue weighted by atomic mass is 10.1. The van der Waals surface area contributed by atoms with E-state index in [1.165, 1.54) is 24.8 Å². The first-order chi connectivity index (χ1) is 8.26. The minimum absolute atomic E-state index is 0.0290. The lowest BCUT2D eigenvalue weighted by Gasteiger charge is -2.05. The first-order valence-corrected chi connectivity index (χ1v) is 6.74. The van der Waals surface area contributed by atoms with E-state index < -0.39 is 0 Å². The molecule has 0 heterocycles. The zero-order chi connectivity index (χ0) is 12.5. The molecule has 1 aromatic carbocycles. The van der Waals surface area contributed by atoms with Crippen molar-refractivity contribution in [3.63, 3.8) is 0 Å². The van der Waals surface area contributed by atoms with Gasteiger partial charge in [-0.05, 0) is 30.5 Å². The third-order valence-corrected chi connectivity index (χ3v) is 2.82. The van der Waals surface area contributed by atoms with Gasteiger partial charge in [-0.3, -0.25) is 4.79 Å². The Morgan fingerprint density at radius 1 is 1.24 bits per heavy atom. The van der Waals surface area contributed by atoms with E-state index in [0.29, 0.717) is 12.3 Å². The van der Waals surface area contributed by atoms with E-state index in [1.54, 1.807) is 0 Å². The van der Waals surface area contributed by atoms with Crippen molar-refractivity contribution in [1.29, 1.82) is 0 Å². The fourth-order valence-electron chi connectivity index (χ4n) is 1.64. The Bertz CT molecular complexity index is 335. The summed E-state index contributed by atoms with van der Waals surface area (Å²) in [7, 11) is 0. The average molecular weight is 254 g/mol. The maximum absolute atomic E-state index is 11.3. The van der Waals surface area contributed by atoms with E-state index in [9.17, 15) is 4.79 Å². The SMILES string of the molecule is CCCCCc1ccc(NC(=O)CCCl)cc1. The lowest BCUT2D eigenvalue weighted by Crippen LogP contribution is -2.11. The summed E-state index contributed by atoms with van der Waals surface area (Å²) >= 11 is 5.50. The number of nitrogens with one attached hydrogen (secondary N) is 1. The number of aryl methyl sites for hydroxylation is 1. The summed E-state index contributed by atoms with van der Waals surface area (Å²) in [5, 5.41) is 2.81. The molecule has 1 rings (SSSR count). The Balaban J connectivity index is 2.41. The molecule has 0 bridgehead atoms. The molecule has 0 aliphatic rings. The number of anilines is 1. The van der Waals surface area contributed by atoms with Crippen LogP contribution in [-0.2, 0) is 11.2 Å². The molecule has 1 N–H and O–H groups in total. The molecule has 1 amide bonds. The molecule has 2 nitrogen and oxygen atoms in total. The quantitative estimate of drug-likeness (QED) is 0.578. The highest BCUT2D eigenvalue weighted by Gasteiger charge is 2.01. The van der Waals surface area contributed by atoms with Crippen molar-refractivity contribution in [3.05, 3.63) is 29.8 Å². The fourth-order valence-corrected chi connectivity index (χ4v) is 1.81. The van der Waals surface area contributed by atoms with Gasteiger partial charge in [0.2, 0.25) is 5.91 Å². The van der Waals surface area contributed by atoms with Gasteiger partial charge in [0.1, 0.15) is 0 Å². The summed E-state index contributed by atoms with van der Waals surface area (Å²) in [5.74, 6) is 0.333. The Labute approximate surface area is 108 Å². The van der Waals surface area contributed by atoms with Gasteiger partial charge < -0.3 is 5.32 Å². The summed E-state index contributed by atoms with van der Waals surface area (Å²) in [6.07, 6.45) is 5.22. The highest BCUT2D eigenvalue weighted by atomic mass is 35.5. The van der Waals surface area contributed by atoms with E-state index in [0.717, 1.165) is 12.1 Å². The van der Waals surface area contributed by atoms with Crippen molar-refractivity contribution in [2.24, 2.45) is 0 Å². The predicted octanol–water partition coefficient (Wildman–Crippen LogP) is 3.99. The van der Waals surface area contributed by atoms with Crippen molar-refractivity contribution in [2.45, 2.75) is 39.0 Å². The number of carbonyl (C=O) groups is 1. The normalized spacial score (nSPS) is 10.2. The van der Waals surface area contributed by atoms with Gasteiger partial charge >= 0.3 is 0 Å². The van der Waals surface area contributed by atoms with Crippen LogP contribution in [0.4, 0.5) is 5.69 Å². The van der Waals surface area contributed by atoms with Gasteiger partial charge in [0, 0.05) is 18.0 Å². The monoisotopic (exact) mass is 253 g/mol. The molecule has 0 aliphatic heterocycles. The molecule has 0 unspecified atom stereocenters. The number of amides is 1. The Hall–Kier alpha value is -1.02. The van der Waals surface area contributed by atoms with Gasteiger partial charge in [-0.15, -0.1) is 11.6 Å². The van der Waals surface area contributed by atoms with Crippen LogP contribution < -0.4 is 5.32 Å². The van der Waals surface area contributed by atoms with E-state index in [-0.39, 0.29) is 5.91 Å². The highest BCUT2D eigenvalue weighted by molar-refractivity contribution is 6.19. The molecule has 17 heavy (non-hydrogen) atoms. The van der Waals surface area contributed by atoms with Gasteiger partial charge in [-0.25, -0.2) is 0 Å². The zero-order valence-electron chi connectivity index (χ0n) is 10.3. The third-order valence-electron chi connectivity index (χ3n) is 2.63. The third kappa shape index (κ3) is 5.73. The number of halogens is 1. The standard InChI is InChI=1S/C14H20ClNO/c1-2-3-4-5-12-6-8-13(9-7-12)16-14(17)10-11-15/h6-9H,2-5,10-11H2,1H3,(H,16,17). The summed E-state index contributed by atoms with van der Waals surface area (Å²) in [6, 6.07) is 8.05. The molecule has 1 aromatic rings. The maximum atomic E-state index is 11.3. The van der Waals surface area contributed by atoms with Crippen molar-refractivity contribution >= 4 is 23.2 Å². The second kappa shape index (κ2) is 8.13. The smallest absolute Gasteiger partial charge is 0.225 e. The Morgan fingerprint density at radius 2 is 1.94 bits per heavy atom. The summed E-state index contributed by atoms with van der Waals surface area (Å²) in [6.45, 7) is 2.20. The van der Waals surface area contributed by atoms with Crippen molar-refractivity contribution in [2.75, 3.05) is 11.2 Å². The van der Waals surface area contributed by atoms with Gasteiger partial charge in [-0.1, -0.05) is 31.9 Å². The summed E-state index contributed by atoms with van der Waals surface area (Å²) in [5.41, 5.74) is 2.17. The van der Waals surface area contributed by atoms with E-state index in [4.69, 9.17) is 11.6 Å². The van der Waals surface area contributed by atoms with Crippen molar-refractivity contribution in [3.8, 4) is 0 Å². The number of unbranched alkanes of at least 4 members (excludes halogenated alkanes) is 2. The minimum Gasteiger partial charge on any atom is -0.326 e. The van der Waals surface area contributed by atoms with Crippen LogP contribution in [-0.4, -0.2) is 11.8 Å². The number of alkyl halides is 1. The van der Waals surface area contributed by atoms with E-state index in [1.807, 2.05) is 12.1 Å². The first-order valence-electron chi connectivity index (χ1n) is 6.21. The summed E-state index contributed by atoms with van der Waals surface area (Å²) < 4.78 is 0. The zero-order valence-corrected chi connectivity index (χ0v) is 11.1. The molecule has 3 heteroatoms. The van der Waals surface area contributed by atoms with Crippen LogP contribution in [0.2, 0.25) is 0 Å². The molecule has 0 radical (unpaired) electrons. The molecule has 0 aromatic heterocycles. The predicted molar refractivity (Wildman–Crippen MR) is 73.6 cm³/mol. The Morgan fingerprint density at radius 3 is 2.53 bits per heavy atom. The van der Waals surface area contributed by atoms with Crippen LogP contribution in [0.5, 0.6) is 0 Å². The fraction of sp³-hybridized carbons (Fsp3) is 0.500. The molecule has 0 fully saturated rings. The summed E-state index contributed by atoms with van der Waals surface area (Å²) in [4.78, 5) is 11.3. The lowest BCUT2D eigenvalue weighted by molar-refractivity contribution is -0.115. The molecule has 94 valence electrons. The first kappa shape index (κ1) is 14.0. The maximum Gasteiger partial charge on any atom is 0.225 e. The van der Waals surface area contributed by atoms with Crippen LogP contribution in [0.25, 0.3) is 0 Å². The minimum atomic E-state index is -0.0290. The van der Waals surface area contributed by atoms with Crippen LogP contribution in [0, 0.1) is 0 Å². The second-order valence-electron chi connectivity index (χ2n) is 4.14.